The summed E-state index contributed by atoms with van der Waals surface area (Å²) in [5.74, 6) is 0. The monoisotopic (exact) mass is 285 g/mol. The van der Waals surface area contributed by atoms with Crippen molar-refractivity contribution in [2.45, 2.75) is 13.5 Å². The van der Waals surface area contributed by atoms with E-state index in [1.165, 1.54) is 0 Å². The van der Waals surface area contributed by atoms with Crippen LogP contribution in [0.25, 0.3) is 0 Å². The van der Waals surface area contributed by atoms with E-state index in [0.29, 0.717) is 18.8 Å². The first kappa shape index (κ1) is 14.8. The van der Waals surface area contributed by atoms with Gasteiger partial charge < -0.3 is 10.2 Å². The van der Waals surface area contributed by atoms with Crippen molar-refractivity contribution < 1.29 is 4.92 Å². The van der Waals surface area contributed by atoms with E-state index in [4.69, 9.17) is 0 Å². The Morgan fingerprint density at radius 3 is 2.52 bits per heavy atom. The molecule has 0 heterocycles. The zero-order chi connectivity index (χ0) is 15.2. The standard InChI is InChI=1S/C16H19N3O2/c1-3-17-15-10-9-13(11-16(15)19(20)21)12-18(2)14-7-5-4-6-8-14/h4-11,17H,3,12H2,1-2H3. The third-order valence-electron chi connectivity index (χ3n) is 3.24. The maximum Gasteiger partial charge on any atom is 0.292 e. The predicted octanol–water partition coefficient (Wildman–Crippen LogP) is 3.66. The molecule has 0 unspecified atom stereocenters. The fraction of sp³-hybridized carbons (Fsp3) is 0.250. The summed E-state index contributed by atoms with van der Waals surface area (Å²) in [7, 11) is 1.97. The Kier molecular flexibility index (Phi) is 4.77. The van der Waals surface area contributed by atoms with Crippen LogP contribution in [0.3, 0.4) is 0 Å². The molecule has 2 aromatic carbocycles. The number of rotatable bonds is 6. The first-order chi connectivity index (χ1) is 10.1. The van der Waals surface area contributed by atoms with E-state index in [0.717, 1.165) is 11.3 Å². The van der Waals surface area contributed by atoms with Gasteiger partial charge in [0.2, 0.25) is 0 Å². The van der Waals surface area contributed by atoms with E-state index >= 15 is 0 Å². The summed E-state index contributed by atoms with van der Waals surface area (Å²) in [5, 5.41) is 14.2. The molecule has 0 fully saturated rings. The van der Waals surface area contributed by atoms with E-state index in [-0.39, 0.29) is 10.6 Å². The van der Waals surface area contributed by atoms with Crippen LogP contribution >= 0.6 is 0 Å². The second-order valence-electron chi connectivity index (χ2n) is 4.83. The Balaban J connectivity index is 2.21. The summed E-state index contributed by atoms with van der Waals surface area (Å²) in [4.78, 5) is 12.9. The topological polar surface area (TPSA) is 58.4 Å². The largest absolute Gasteiger partial charge is 0.380 e. The van der Waals surface area contributed by atoms with Crippen LogP contribution in [0.4, 0.5) is 17.1 Å². The molecule has 2 rings (SSSR count). The van der Waals surface area contributed by atoms with Gasteiger partial charge in [0.1, 0.15) is 5.69 Å². The quantitative estimate of drug-likeness (QED) is 0.650. The average Bonchev–Trinajstić information content (AvgIpc) is 2.49. The zero-order valence-corrected chi connectivity index (χ0v) is 12.2. The molecule has 0 atom stereocenters. The highest BCUT2D eigenvalue weighted by Gasteiger charge is 2.14. The van der Waals surface area contributed by atoms with E-state index < -0.39 is 0 Å². The van der Waals surface area contributed by atoms with Crippen molar-refractivity contribution in [1.82, 2.24) is 0 Å². The van der Waals surface area contributed by atoms with Crippen LogP contribution in [0.15, 0.2) is 48.5 Å². The summed E-state index contributed by atoms with van der Waals surface area (Å²) in [5.41, 5.74) is 2.68. The van der Waals surface area contributed by atoms with Crippen LogP contribution < -0.4 is 10.2 Å². The van der Waals surface area contributed by atoms with Gasteiger partial charge in [0.15, 0.2) is 0 Å². The van der Waals surface area contributed by atoms with Crippen LogP contribution in [0.5, 0.6) is 0 Å². The molecule has 5 nitrogen and oxygen atoms in total. The third-order valence-corrected chi connectivity index (χ3v) is 3.24. The average molecular weight is 285 g/mol. The molecule has 0 aromatic heterocycles. The molecule has 2 aromatic rings. The Bertz CT molecular complexity index is 614. The molecule has 110 valence electrons. The second-order valence-corrected chi connectivity index (χ2v) is 4.83. The molecule has 0 saturated carbocycles. The van der Waals surface area contributed by atoms with Crippen molar-refractivity contribution in [1.29, 1.82) is 0 Å². The fourth-order valence-corrected chi connectivity index (χ4v) is 2.21. The van der Waals surface area contributed by atoms with Gasteiger partial charge in [0.05, 0.1) is 4.92 Å². The van der Waals surface area contributed by atoms with Crippen molar-refractivity contribution in [2.24, 2.45) is 0 Å². The van der Waals surface area contributed by atoms with Crippen LogP contribution in [-0.2, 0) is 6.54 Å². The van der Waals surface area contributed by atoms with E-state index in [1.54, 1.807) is 12.1 Å². The first-order valence-corrected chi connectivity index (χ1v) is 6.89. The van der Waals surface area contributed by atoms with Gasteiger partial charge >= 0.3 is 0 Å². The molecule has 0 aliphatic rings. The van der Waals surface area contributed by atoms with Crippen LogP contribution in [0.1, 0.15) is 12.5 Å². The van der Waals surface area contributed by atoms with Gasteiger partial charge in [-0.15, -0.1) is 0 Å². The Hall–Kier alpha value is -2.56. The molecule has 5 heteroatoms. The highest BCUT2D eigenvalue weighted by atomic mass is 16.6. The molecule has 0 saturated heterocycles. The van der Waals surface area contributed by atoms with Crippen molar-refractivity contribution >= 4 is 17.1 Å². The molecule has 0 aliphatic heterocycles. The van der Waals surface area contributed by atoms with Gasteiger partial charge in [-0.25, -0.2) is 0 Å². The lowest BCUT2D eigenvalue weighted by atomic mass is 10.1. The highest BCUT2D eigenvalue weighted by Crippen LogP contribution is 2.26. The molecular formula is C16H19N3O2. The van der Waals surface area contributed by atoms with Crippen molar-refractivity contribution in [3.05, 3.63) is 64.2 Å². The normalized spacial score (nSPS) is 10.2. The number of nitro benzene ring substituents is 1. The molecule has 0 radical (unpaired) electrons. The molecule has 0 aliphatic carbocycles. The number of hydrogen-bond acceptors (Lipinski definition) is 4. The van der Waals surface area contributed by atoms with E-state index in [9.17, 15) is 10.1 Å². The summed E-state index contributed by atoms with van der Waals surface area (Å²) in [6.07, 6.45) is 0. The molecule has 0 amide bonds. The minimum atomic E-state index is -0.343. The number of nitrogens with zero attached hydrogens (tertiary/aromatic N) is 2. The van der Waals surface area contributed by atoms with Gasteiger partial charge in [-0.1, -0.05) is 24.3 Å². The summed E-state index contributed by atoms with van der Waals surface area (Å²) in [6, 6.07) is 15.3. The third kappa shape index (κ3) is 3.72. The van der Waals surface area contributed by atoms with E-state index in [2.05, 4.69) is 10.2 Å². The number of nitro groups is 1. The minimum Gasteiger partial charge on any atom is -0.380 e. The number of hydrogen-bond donors (Lipinski definition) is 1. The van der Waals surface area contributed by atoms with Crippen LogP contribution in [0.2, 0.25) is 0 Å². The Labute approximate surface area is 124 Å². The van der Waals surface area contributed by atoms with Crippen molar-refractivity contribution in [3.63, 3.8) is 0 Å². The highest BCUT2D eigenvalue weighted by molar-refractivity contribution is 5.63. The predicted molar refractivity (Wildman–Crippen MR) is 85.8 cm³/mol. The molecular weight excluding hydrogens is 266 g/mol. The van der Waals surface area contributed by atoms with Crippen LogP contribution in [0, 0.1) is 10.1 Å². The lowest BCUT2D eigenvalue weighted by Gasteiger charge is -2.19. The number of anilines is 2. The fourth-order valence-electron chi connectivity index (χ4n) is 2.21. The first-order valence-electron chi connectivity index (χ1n) is 6.89. The van der Waals surface area contributed by atoms with Crippen LogP contribution in [-0.4, -0.2) is 18.5 Å². The molecule has 1 N–H and O–H groups in total. The van der Waals surface area contributed by atoms with Gasteiger partial charge in [-0.05, 0) is 30.7 Å². The lowest BCUT2D eigenvalue weighted by molar-refractivity contribution is -0.384. The smallest absolute Gasteiger partial charge is 0.292 e. The Morgan fingerprint density at radius 2 is 1.90 bits per heavy atom. The lowest BCUT2D eigenvalue weighted by Crippen LogP contribution is -2.16. The van der Waals surface area contributed by atoms with Gasteiger partial charge in [-0.3, -0.25) is 10.1 Å². The zero-order valence-electron chi connectivity index (χ0n) is 12.2. The maximum absolute atomic E-state index is 11.2. The second kappa shape index (κ2) is 6.74. The summed E-state index contributed by atoms with van der Waals surface area (Å²) >= 11 is 0. The maximum atomic E-state index is 11.2. The van der Waals surface area contributed by atoms with Gasteiger partial charge in [0, 0.05) is 31.9 Å². The van der Waals surface area contributed by atoms with Gasteiger partial charge in [0.25, 0.3) is 5.69 Å². The number of benzene rings is 2. The summed E-state index contributed by atoms with van der Waals surface area (Å²) in [6.45, 7) is 3.20. The SMILES string of the molecule is CCNc1ccc(CN(C)c2ccccc2)cc1[N+](=O)[O-]. The molecule has 21 heavy (non-hydrogen) atoms. The van der Waals surface area contributed by atoms with Gasteiger partial charge in [-0.2, -0.15) is 0 Å². The minimum absolute atomic E-state index is 0.121. The van der Waals surface area contributed by atoms with Crippen molar-refractivity contribution in [2.75, 3.05) is 23.8 Å². The number of para-hydroxylation sites is 1. The molecule has 0 bridgehead atoms. The molecule has 0 spiro atoms. The Morgan fingerprint density at radius 1 is 1.19 bits per heavy atom. The summed E-state index contributed by atoms with van der Waals surface area (Å²) < 4.78 is 0. The van der Waals surface area contributed by atoms with Crippen molar-refractivity contribution in [3.8, 4) is 0 Å². The van der Waals surface area contributed by atoms with E-state index in [1.807, 2.05) is 50.4 Å². The number of nitrogens with one attached hydrogen (secondary N) is 1.